The van der Waals surface area contributed by atoms with Crippen LogP contribution in [0.15, 0.2) is 42.5 Å². The summed E-state index contributed by atoms with van der Waals surface area (Å²) in [5, 5.41) is 0. The maximum Gasteiger partial charge on any atom is 0 e. The Kier molecular flexibility index (Phi) is 2.69. The Morgan fingerprint density at radius 2 is 1.73 bits per heavy atom. The van der Waals surface area contributed by atoms with Crippen LogP contribution in [0.25, 0.3) is 11.1 Å². The monoisotopic (exact) mass is 231 g/mol. The first kappa shape index (κ1) is 10.5. The van der Waals surface area contributed by atoms with E-state index in [-0.39, 0.29) is 17.4 Å². The molecule has 2 aromatic carbocycles. The van der Waals surface area contributed by atoms with Crippen LogP contribution < -0.4 is 0 Å². The summed E-state index contributed by atoms with van der Waals surface area (Å²) in [6.45, 7) is 2.25. The molecule has 0 radical (unpaired) electrons. The standard InChI is InChI=1S/C14H11.Cr/c1-10-11-6-2-4-8-13(11)14-9-5-3-7-12(10)14;/h2-6,8-10H,1H3;/q-1;. The number of rotatable bonds is 0. The maximum absolute atomic E-state index is 3.35. The smallest absolute Gasteiger partial charge is 0 e. The van der Waals surface area contributed by atoms with Gasteiger partial charge in [-0.25, -0.2) is 0 Å². The van der Waals surface area contributed by atoms with E-state index in [0.29, 0.717) is 5.92 Å². The van der Waals surface area contributed by atoms with Crippen LogP contribution in [-0.4, -0.2) is 0 Å². The van der Waals surface area contributed by atoms with Gasteiger partial charge in [0.1, 0.15) is 0 Å². The van der Waals surface area contributed by atoms with Gasteiger partial charge in [-0.3, -0.25) is 0 Å². The second kappa shape index (κ2) is 3.85. The zero-order chi connectivity index (χ0) is 9.54. The first-order chi connectivity index (χ1) is 6.88. The first-order valence-corrected chi connectivity index (χ1v) is 4.98. The van der Waals surface area contributed by atoms with E-state index in [2.05, 4.69) is 49.4 Å². The Morgan fingerprint density at radius 3 is 2.60 bits per heavy atom. The fourth-order valence-corrected chi connectivity index (χ4v) is 2.32. The summed E-state index contributed by atoms with van der Waals surface area (Å²) < 4.78 is 0. The minimum Gasteiger partial charge on any atom is -0.179 e. The average Bonchev–Trinajstić information content (AvgIpc) is 2.55. The summed E-state index contributed by atoms with van der Waals surface area (Å²) in [4.78, 5) is 0. The van der Waals surface area contributed by atoms with Gasteiger partial charge in [0.15, 0.2) is 0 Å². The Balaban J connectivity index is 0.000000853. The first-order valence-electron chi connectivity index (χ1n) is 4.98. The summed E-state index contributed by atoms with van der Waals surface area (Å²) in [7, 11) is 0. The van der Waals surface area contributed by atoms with Crippen molar-refractivity contribution >= 4 is 0 Å². The fourth-order valence-electron chi connectivity index (χ4n) is 2.32. The number of benzene rings is 2. The molecule has 0 heterocycles. The van der Waals surface area contributed by atoms with Gasteiger partial charge in [-0.2, -0.15) is 24.3 Å². The summed E-state index contributed by atoms with van der Waals surface area (Å²) in [5.74, 6) is 0.502. The molecule has 15 heavy (non-hydrogen) atoms. The molecular formula is C14H11Cr-. The van der Waals surface area contributed by atoms with Crippen molar-refractivity contribution in [2.75, 3.05) is 0 Å². The van der Waals surface area contributed by atoms with E-state index in [1.165, 1.54) is 22.3 Å². The predicted octanol–water partition coefficient (Wildman–Crippen LogP) is 3.62. The zero-order valence-corrected chi connectivity index (χ0v) is 9.80. The van der Waals surface area contributed by atoms with Crippen molar-refractivity contribution in [1.82, 2.24) is 0 Å². The van der Waals surface area contributed by atoms with Crippen LogP contribution >= 0.6 is 0 Å². The van der Waals surface area contributed by atoms with Gasteiger partial charge in [-0.05, 0) is 11.5 Å². The Hall–Kier alpha value is -1.03. The number of hydrogen-bond donors (Lipinski definition) is 0. The minimum atomic E-state index is 0. The Morgan fingerprint density at radius 1 is 1.00 bits per heavy atom. The summed E-state index contributed by atoms with van der Waals surface area (Å²) in [6, 6.07) is 18.2. The van der Waals surface area contributed by atoms with Crippen molar-refractivity contribution in [1.29, 1.82) is 0 Å². The molecule has 0 bridgehead atoms. The molecule has 0 N–H and O–H groups in total. The Labute approximate surface area is 101 Å². The fraction of sp³-hybridized carbons (Fsp3) is 0.143. The van der Waals surface area contributed by atoms with Gasteiger partial charge in [0, 0.05) is 17.4 Å². The third-order valence-corrected chi connectivity index (χ3v) is 3.04. The average molecular weight is 231 g/mol. The zero-order valence-electron chi connectivity index (χ0n) is 8.53. The van der Waals surface area contributed by atoms with Gasteiger partial charge in [0.2, 0.25) is 0 Å². The molecule has 3 rings (SSSR count). The second-order valence-corrected chi connectivity index (χ2v) is 3.81. The van der Waals surface area contributed by atoms with Crippen molar-refractivity contribution in [2.24, 2.45) is 0 Å². The van der Waals surface area contributed by atoms with Crippen LogP contribution in [0.4, 0.5) is 0 Å². The molecule has 0 fully saturated rings. The quantitative estimate of drug-likeness (QED) is 0.607. The molecule has 1 aliphatic carbocycles. The van der Waals surface area contributed by atoms with E-state index in [1.54, 1.807) is 0 Å². The predicted molar refractivity (Wildman–Crippen MR) is 58.2 cm³/mol. The molecule has 1 aliphatic rings. The Bertz CT molecular complexity index is 443. The van der Waals surface area contributed by atoms with Crippen LogP contribution in [0.5, 0.6) is 0 Å². The van der Waals surface area contributed by atoms with Crippen LogP contribution in [0.2, 0.25) is 0 Å². The molecule has 0 saturated carbocycles. The number of hydrogen-bond acceptors (Lipinski definition) is 0. The minimum absolute atomic E-state index is 0. The third kappa shape index (κ3) is 1.44. The molecule has 2 aromatic rings. The normalized spacial score (nSPS) is 16.5. The van der Waals surface area contributed by atoms with Crippen molar-refractivity contribution in [3.63, 3.8) is 0 Å². The molecule has 0 nitrogen and oxygen atoms in total. The van der Waals surface area contributed by atoms with Crippen LogP contribution in [0.1, 0.15) is 24.0 Å². The SMILES string of the molecule is CC1c2[c-]cccc2-c2ccccc21.[Cr]. The molecular weight excluding hydrogens is 220 g/mol. The van der Waals surface area contributed by atoms with Gasteiger partial charge in [0.05, 0.1) is 0 Å². The molecule has 0 aromatic heterocycles. The largest absolute Gasteiger partial charge is 0.179 e. The molecule has 1 heteroatoms. The van der Waals surface area contributed by atoms with Gasteiger partial charge < -0.3 is 0 Å². The van der Waals surface area contributed by atoms with E-state index >= 15 is 0 Å². The molecule has 0 aliphatic heterocycles. The van der Waals surface area contributed by atoms with E-state index in [9.17, 15) is 0 Å². The molecule has 1 atom stereocenters. The van der Waals surface area contributed by atoms with Gasteiger partial charge in [-0.15, -0.1) is 11.1 Å². The molecule has 0 spiro atoms. The van der Waals surface area contributed by atoms with Gasteiger partial charge in [0.25, 0.3) is 0 Å². The summed E-state index contributed by atoms with van der Waals surface area (Å²) in [6.07, 6.45) is 0. The number of fused-ring (bicyclic) bond motifs is 3. The van der Waals surface area contributed by atoms with Gasteiger partial charge >= 0.3 is 0 Å². The third-order valence-electron chi connectivity index (χ3n) is 3.04. The summed E-state index contributed by atoms with van der Waals surface area (Å²) in [5.41, 5.74) is 5.51. The van der Waals surface area contributed by atoms with Crippen LogP contribution in [0, 0.1) is 6.07 Å². The topological polar surface area (TPSA) is 0 Å². The summed E-state index contributed by atoms with van der Waals surface area (Å²) >= 11 is 0. The van der Waals surface area contributed by atoms with Crippen LogP contribution in [-0.2, 0) is 17.4 Å². The second-order valence-electron chi connectivity index (χ2n) is 3.81. The van der Waals surface area contributed by atoms with Gasteiger partial charge in [-0.1, -0.05) is 36.8 Å². The molecule has 1 unspecified atom stereocenters. The van der Waals surface area contributed by atoms with Crippen LogP contribution in [0.3, 0.4) is 0 Å². The van der Waals surface area contributed by atoms with E-state index in [1.807, 2.05) is 6.07 Å². The van der Waals surface area contributed by atoms with E-state index in [0.717, 1.165) is 0 Å². The molecule has 74 valence electrons. The van der Waals surface area contributed by atoms with Crippen molar-refractivity contribution in [3.8, 4) is 11.1 Å². The molecule has 0 saturated heterocycles. The van der Waals surface area contributed by atoms with Crippen molar-refractivity contribution in [3.05, 3.63) is 59.7 Å². The van der Waals surface area contributed by atoms with Crippen molar-refractivity contribution < 1.29 is 17.4 Å². The van der Waals surface area contributed by atoms with E-state index in [4.69, 9.17) is 0 Å². The molecule has 0 amide bonds. The van der Waals surface area contributed by atoms with Crippen molar-refractivity contribution in [2.45, 2.75) is 12.8 Å². The van der Waals surface area contributed by atoms with E-state index < -0.39 is 0 Å². The maximum atomic E-state index is 3.35.